The molecule has 6 heteroatoms. The molecule has 0 fully saturated rings. The zero-order valence-electron chi connectivity index (χ0n) is 14.0. The van der Waals surface area contributed by atoms with Crippen molar-refractivity contribution < 1.29 is 18.7 Å². The number of aryl methyl sites for hydroxylation is 1. The van der Waals surface area contributed by atoms with Crippen LogP contribution in [0.25, 0.3) is 17.3 Å². The first-order chi connectivity index (χ1) is 12.5. The van der Waals surface area contributed by atoms with E-state index in [2.05, 4.69) is 10.2 Å². The van der Waals surface area contributed by atoms with E-state index in [0.717, 1.165) is 5.56 Å². The Balaban J connectivity index is 1.80. The van der Waals surface area contributed by atoms with Crippen molar-refractivity contribution in [3.05, 3.63) is 82.6 Å². The van der Waals surface area contributed by atoms with Gasteiger partial charge in [-0.2, -0.15) is 5.10 Å². The van der Waals surface area contributed by atoms with Crippen LogP contribution in [-0.4, -0.2) is 21.1 Å². The Morgan fingerprint density at radius 2 is 1.96 bits per heavy atom. The van der Waals surface area contributed by atoms with Gasteiger partial charge in [0.25, 0.3) is 0 Å². The summed E-state index contributed by atoms with van der Waals surface area (Å²) in [6.07, 6.45) is 2.69. The molecule has 4 nitrogen and oxygen atoms in total. The summed E-state index contributed by atoms with van der Waals surface area (Å²) in [5.74, 6) is -1.55. The van der Waals surface area contributed by atoms with E-state index in [-0.39, 0.29) is 17.7 Å². The van der Waals surface area contributed by atoms with E-state index < -0.39 is 17.4 Å². The highest BCUT2D eigenvalue weighted by atomic mass is 19.1. The molecule has 1 aromatic heterocycles. The van der Waals surface area contributed by atoms with E-state index in [0.29, 0.717) is 17.0 Å². The molecule has 0 bridgehead atoms. The second-order valence-corrected chi connectivity index (χ2v) is 5.86. The fourth-order valence-corrected chi connectivity index (χ4v) is 2.50. The van der Waals surface area contributed by atoms with Crippen LogP contribution in [0.3, 0.4) is 0 Å². The van der Waals surface area contributed by atoms with E-state index in [1.54, 1.807) is 25.1 Å². The average molecular weight is 354 g/mol. The van der Waals surface area contributed by atoms with Gasteiger partial charge in [0.15, 0.2) is 5.78 Å². The molecule has 0 saturated heterocycles. The average Bonchev–Trinajstić information content (AvgIpc) is 3.08. The standard InChI is InChI=1S/C20H16F2N2O2/c1-12-2-5-16(17(21)8-12)20(26)7-4-14-10-19(24-23-14)15-6-3-13(11-25)9-18(15)22/h2-10,25H,11H2,1H3,(H,23,24)/b7-4+. The molecular formula is C20H16F2N2O2. The smallest absolute Gasteiger partial charge is 0.188 e. The number of nitrogens with zero attached hydrogens (tertiary/aromatic N) is 1. The number of H-pyrrole nitrogens is 1. The molecule has 0 aliphatic rings. The van der Waals surface area contributed by atoms with Gasteiger partial charge < -0.3 is 5.11 Å². The molecule has 0 amide bonds. The molecule has 0 saturated carbocycles. The zero-order chi connectivity index (χ0) is 18.7. The van der Waals surface area contributed by atoms with Crippen LogP contribution < -0.4 is 0 Å². The fourth-order valence-electron chi connectivity index (χ4n) is 2.50. The molecule has 3 aromatic rings. The highest BCUT2D eigenvalue weighted by Crippen LogP contribution is 2.23. The van der Waals surface area contributed by atoms with Crippen LogP contribution in [0.4, 0.5) is 8.78 Å². The lowest BCUT2D eigenvalue weighted by Crippen LogP contribution is -1.98. The van der Waals surface area contributed by atoms with E-state index in [9.17, 15) is 13.6 Å². The van der Waals surface area contributed by atoms with Crippen molar-refractivity contribution in [1.82, 2.24) is 10.2 Å². The van der Waals surface area contributed by atoms with E-state index in [1.165, 1.54) is 36.4 Å². The molecule has 1 heterocycles. The first-order valence-electron chi connectivity index (χ1n) is 7.91. The summed E-state index contributed by atoms with van der Waals surface area (Å²) in [5, 5.41) is 15.7. The van der Waals surface area contributed by atoms with Crippen molar-refractivity contribution in [2.24, 2.45) is 0 Å². The molecule has 2 N–H and O–H groups in total. The monoisotopic (exact) mass is 354 g/mol. The van der Waals surface area contributed by atoms with Crippen LogP contribution in [-0.2, 0) is 6.61 Å². The molecule has 2 aromatic carbocycles. The molecule has 0 radical (unpaired) electrons. The number of aliphatic hydroxyl groups excluding tert-OH is 1. The van der Waals surface area contributed by atoms with Crippen molar-refractivity contribution in [3.8, 4) is 11.3 Å². The van der Waals surface area contributed by atoms with Gasteiger partial charge in [0.2, 0.25) is 0 Å². The lowest BCUT2D eigenvalue weighted by atomic mass is 10.1. The summed E-state index contributed by atoms with van der Waals surface area (Å²) in [5.41, 5.74) is 2.29. The minimum atomic E-state index is -0.573. The normalized spacial score (nSPS) is 11.2. The van der Waals surface area contributed by atoms with Crippen molar-refractivity contribution in [1.29, 1.82) is 0 Å². The Labute approximate surface area is 148 Å². The number of rotatable bonds is 5. The van der Waals surface area contributed by atoms with E-state index >= 15 is 0 Å². The first kappa shape index (κ1) is 17.7. The Hall–Kier alpha value is -3.12. The Morgan fingerprint density at radius 1 is 1.15 bits per heavy atom. The highest BCUT2D eigenvalue weighted by Gasteiger charge is 2.11. The number of aliphatic hydroxyl groups is 1. The Kier molecular flexibility index (Phi) is 5.04. The minimum Gasteiger partial charge on any atom is -0.392 e. The summed E-state index contributed by atoms with van der Waals surface area (Å²) in [6.45, 7) is 1.50. The van der Waals surface area contributed by atoms with Gasteiger partial charge in [0.05, 0.1) is 23.6 Å². The molecule has 0 atom stereocenters. The number of aromatic nitrogens is 2. The Morgan fingerprint density at radius 3 is 2.65 bits per heavy atom. The number of aromatic amines is 1. The lowest BCUT2D eigenvalue weighted by Gasteiger charge is -2.01. The van der Waals surface area contributed by atoms with Gasteiger partial charge in [-0.25, -0.2) is 8.78 Å². The SMILES string of the molecule is Cc1ccc(C(=O)/C=C/c2cc(-c3ccc(CO)cc3F)n[nH]2)c(F)c1. The summed E-state index contributed by atoms with van der Waals surface area (Å²) in [7, 11) is 0. The number of benzene rings is 2. The van der Waals surface area contributed by atoms with Gasteiger partial charge in [-0.15, -0.1) is 0 Å². The van der Waals surface area contributed by atoms with Gasteiger partial charge in [-0.05, 0) is 60.5 Å². The van der Waals surface area contributed by atoms with Crippen LogP contribution in [0.15, 0.2) is 48.5 Å². The van der Waals surface area contributed by atoms with E-state index in [1.807, 2.05) is 0 Å². The van der Waals surface area contributed by atoms with Crippen LogP contribution in [0.5, 0.6) is 0 Å². The molecule has 0 unspecified atom stereocenters. The van der Waals surface area contributed by atoms with Crippen LogP contribution in [0, 0.1) is 18.6 Å². The first-order valence-corrected chi connectivity index (χ1v) is 7.91. The van der Waals surface area contributed by atoms with Crippen molar-refractivity contribution in [2.45, 2.75) is 13.5 Å². The summed E-state index contributed by atoms with van der Waals surface area (Å²) in [6, 6.07) is 10.3. The number of allylic oxidation sites excluding steroid dienone is 1. The number of carbonyl (C=O) groups excluding carboxylic acids is 1. The number of carbonyl (C=O) groups is 1. The van der Waals surface area contributed by atoms with Crippen molar-refractivity contribution in [3.63, 3.8) is 0 Å². The third kappa shape index (κ3) is 3.75. The number of hydrogen-bond donors (Lipinski definition) is 2. The quantitative estimate of drug-likeness (QED) is 0.537. The summed E-state index contributed by atoms with van der Waals surface area (Å²) >= 11 is 0. The lowest BCUT2D eigenvalue weighted by molar-refractivity contribution is 0.104. The molecular weight excluding hydrogens is 338 g/mol. The number of halogens is 2. The third-order valence-corrected chi connectivity index (χ3v) is 3.89. The molecule has 132 valence electrons. The van der Waals surface area contributed by atoms with Gasteiger partial charge in [-0.1, -0.05) is 12.1 Å². The predicted molar refractivity (Wildman–Crippen MR) is 94.4 cm³/mol. The van der Waals surface area contributed by atoms with Crippen LogP contribution in [0.2, 0.25) is 0 Å². The second-order valence-electron chi connectivity index (χ2n) is 5.86. The van der Waals surface area contributed by atoms with Crippen LogP contribution in [0.1, 0.15) is 27.2 Å². The molecule has 0 aliphatic heterocycles. The molecule has 0 aliphatic carbocycles. The number of hydrogen-bond acceptors (Lipinski definition) is 3. The zero-order valence-corrected chi connectivity index (χ0v) is 14.0. The fraction of sp³-hybridized carbons (Fsp3) is 0.100. The van der Waals surface area contributed by atoms with Gasteiger partial charge in [-0.3, -0.25) is 9.89 Å². The maximum Gasteiger partial charge on any atom is 0.188 e. The maximum atomic E-state index is 14.1. The largest absolute Gasteiger partial charge is 0.392 e. The van der Waals surface area contributed by atoms with Gasteiger partial charge in [0, 0.05) is 5.56 Å². The van der Waals surface area contributed by atoms with Gasteiger partial charge in [0.1, 0.15) is 11.6 Å². The van der Waals surface area contributed by atoms with Crippen LogP contribution >= 0.6 is 0 Å². The summed E-state index contributed by atoms with van der Waals surface area (Å²) < 4.78 is 27.9. The second kappa shape index (κ2) is 7.41. The molecule has 26 heavy (non-hydrogen) atoms. The highest BCUT2D eigenvalue weighted by molar-refractivity contribution is 6.06. The Bertz CT molecular complexity index is 993. The van der Waals surface area contributed by atoms with Crippen molar-refractivity contribution in [2.75, 3.05) is 0 Å². The van der Waals surface area contributed by atoms with Crippen molar-refractivity contribution >= 4 is 11.9 Å². The third-order valence-electron chi connectivity index (χ3n) is 3.89. The molecule has 0 spiro atoms. The predicted octanol–water partition coefficient (Wildman–Crippen LogP) is 4.05. The number of nitrogens with one attached hydrogen (secondary N) is 1. The summed E-state index contributed by atoms with van der Waals surface area (Å²) in [4.78, 5) is 12.1. The van der Waals surface area contributed by atoms with E-state index in [4.69, 9.17) is 5.11 Å². The topological polar surface area (TPSA) is 66.0 Å². The molecule has 3 rings (SSSR count). The number of ketones is 1. The van der Waals surface area contributed by atoms with Gasteiger partial charge >= 0.3 is 0 Å². The minimum absolute atomic E-state index is 0.0165. The maximum absolute atomic E-state index is 14.1.